The lowest BCUT2D eigenvalue weighted by Crippen LogP contribution is -2.38. The Hall–Kier alpha value is -1.62. The van der Waals surface area contributed by atoms with Crippen LogP contribution in [-0.4, -0.2) is 23.1 Å². The maximum Gasteiger partial charge on any atom is 0.275 e. The molecular weight excluding hydrogens is 268 g/mol. The molecule has 1 aromatic carbocycles. The number of rotatable bonds is 3. The van der Waals surface area contributed by atoms with Gasteiger partial charge >= 0.3 is 0 Å². The molecule has 5 heteroatoms. The average Bonchev–Trinajstić information content (AvgIpc) is 2.45. The van der Waals surface area contributed by atoms with Crippen LogP contribution in [0.25, 0.3) is 0 Å². The fourth-order valence-electron chi connectivity index (χ4n) is 3.08. The van der Waals surface area contributed by atoms with E-state index in [-0.39, 0.29) is 12.3 Å². The van der Waals surface area contributed by atoms with Gasteiger partial charge in [-0.1, -0.05) is 20.8 Å². The maximum atomic E-state index is 10.9. The normalized spacial score (nSPS) is 17.0. The van der Waals surface area contributed by atoms with Crippen molar-refractivity contribution < 1.29 is 10.0 Å². The van der Waals surface area contributed by atoms with Crippen LogP contribution in [0.15, 0.2) is 18.2 Å². The number of nitro benzene ring substituents is 1. The van der Waals surface area contributed by atoms with E-state index in [2.05, 4.69) is 25.7 Å². The van der Waals surface area contributed by atoms with E-state index in [1.54, 1.807) is 12.1 Å². The van der Waals surface area contributed by atoms with Gasteiger partial charge in [-0.2, -0.15) is 0 Å². The Balaban J connectivity index is 2.12. The summed E-state index contributed by atoms with van der Waals surface area (Å²) >= 11 is 0. The second-order valence-electron chi connectivity index (χ2n) is 6.86. The predicted octanol–water partition coefficient (Wildman–Crippen LogP) is 3.35. The lowest BCUT2D eigenvalue weighted by Gasteiger charge is -2.39. The SMILES string of the molecule is CC(C)(C)C1CCN(c2ccc([N+](=O)[O-])c(CO)c2)CC1. The van der Waals surface area contributed by atoms with E-state index in [0.717, 1.165) is 31.6 Å². The molecule has 0 saturated carbocycles. The molecule has 0 atom stereocenters. The fraction of sp³-hybridized carbons (Fsp3) is 0.625. The van der Waals surface area contributed by atoms with Gasteiger partial charge in [-0.15, -0.1) is 0 Å². The summed E-state index contributed by atoms with van der Waals surface area (Å²) in [5.74, 6) is 0.712. The standard InChI is InChI=1S/C16H24N2O3/c1-16(2,3)13-6-8-17(9-7-13)14-4-5-15(18(20)21)12(10-14)11-19/h4-5,10,13,19H,6-9,11H2,1-3H3. The van der Waals surface area contributed by atoms with Crippen LogP contribution in [0, 0.1) is 21.4 Å². The van der Waals surface area contributed by atoms with Crippen molar-refractivity contribution >= 4 is 11.4 Å². The van der Waals surface area contributed by atoms with Crippen molar-refractivity contribution in [2.45, 2.75) is 40.2 Å². The number of hydrogen-bond acceptors (Lipinski definition) is 4. The van der Waals surface area contributed by atoms with Crippen molar-refractivity contribution in [3.8, 4) is 0 Å². The molecule has 1 heterocycles. The van der Waals surface area contributed by atoms with E-state index in [9.17, 15) is 15.2 Å². The molecule has 1 fully saturated rings. The van der Waals surface area contributed by atoms with Crippen molar-refractivity contribution in [2.75, 3.05) is 18.0 Å². The third kappa shape index (κ3) is 3.53. The lowest BCUT2D eigenvalue weighted by molar-refractivity contribution is -0.385. The van der Waals surface area contributed by atoms with E-state index < -0.39 is 4.92 Å². The predicted molar refractivity (Wildman–Crippen MR) is 83.4 cm³/mol. The molecule has 116 valence electrons. The van der Waals surface area contributed by atoms with Gasteiger partial charge in [0.25, 0.3) is 5.69 Å². The van der Waals surface area contributed by atoms with Crippen molar-refractivity contribution in [1.82, 2.24) is 0 Å². The highest BCUT2D eigenvalue weighted by atomic mass is 16.6. The first-order valence-electron chi connectivity index (χ1n) is 7.46. The molecule has 5 nitrogen and oxygen atoms in total. The zero-order chi connectivity index (χ0) is 15.6. The van der Waals surface area contributed by atoms with Gasteiger partial charge in [0, 0.05) is 24.8 Å². The molecule has 2 rings (SSSR count). The Morgan fingerprint density at radius 3 is 2.43 bits per heavy atom. The minimum absolute atomic E-state index is 0.00849. The van der Waals surface area contributed by atoms with Gasteiger partial charge in [-0.3, -0.25) is 10.1 Å². The van der Waals surface area contributed by atoms with Crippen LogP contribution in [-0.2, 0) is 6.61 Å². The average molecular weight is 292 g/mol. The molecule has 0 spiro atoms. The molecule has 1 N–H and O–H groups in total. The summed E-state index contributed by atoms with van der Waals surface area (Å²) in [5.41, 5.74) is 1.68. The molecule has 0 amide bonds. The highest BCUT2D eigenvalue weighted by Crippen LogP contribution is 2.36. The first kappa shape index (κ1) is 15.8. The molecule has 1 aliphatic heterocycles. The van der Waals surface area contributed by atoms with Crippen LogP contribution in [0.2, 0.25) is 0 Å². The van der Waals surface area contributed by atoms with E-state index in [1.165, 1.54) is 6.07 Å². The Bertz CT molecular complexity index is 515. The number of anilines is 1. The van der Waals surface area contributed by atoms with Crippen LogP contribution in [0.4, 0.5) is 11.4 Å². The number of hydrogen-bond donors (Lipinski definition) is 1. The van der Waals surface area contributed by atoms with E-state index in [1.807, 2.05) is 0 Å². The zero-order valence-electron chi connectivity index (χ0n) is 13.0. The third-order valence-corrected chi connectivity index (χ3v) is 4.51. The summed E-state index contributed by atoms with van der Waals surface area (Å²) < 4.78 is 0. The minimum Gasteiger partial charge on any atom is -0.391 e. The molecular formula is C16H24N2O3. The van der Waals surface area contributed by atoms with E-state index in [4.69, 9.17) is 0 Å². The molecule has 1 aliphatic rings. The summed E-state index contributed by atoms with van der Waals surface area (Å²) in [4.78, 5) is 12.7. The molecule has 21 heavy (non-hydrogen) atoms. The smallest absolute Gasteiger partial charge is 0.275 e. The van der Waals surface area contributed by atoms with E-state index >= 15 is 0 Å². The minimum atomic E-state index is -0.443. The highest BCUT2D eigenvalue weighted by molar-refractivity contribution is 5.55. The Morgan fingerprint density at radius 1 is 1.33 bits per heavy atom. The van der Waals surface area contributed by atoms with Crippen molar-refractivity contribution in [2.24, 2.45) is 11.3 Å². The first-order chi connectivity index (χ1) is 9.82. The second-order valence-corrected chi connectivity index (χ2v) is 6.86. The lowest BCUT2D eigenvalue weighted by atomic mass is 9.75. The van der Waals surface area contributed by atoms with Gasteiger partial charge < -0.3 is 10.0 Å². The Morgan fingerprint density at radius 2 is 1.95 bits per heavy atom. The maximum absolute atomic E-state index is 10.9. The summed E-state index contributed by atoms with van der Waals surface area (Å²) in [6.07, 6.45) is 2.27. The van der Waals surface area contributed by atoms with Crippen LogP contribution in [0.3, 0.4) is 0 Å². The monoisotopic (exact) mass is 292 g/mol. The van der Waals surface area contributed by atoms with Gasteiger partial charge in [0.2, 0.25) is 0 Å². The van der Waals surface area contributed by atoms with E-state index in [0.29, 0.717) is 16.9 Å². The number of nitrogens with zero attached hydrogens (tertiary/aromatic N) is 2. The molecule has 0 aromatic heterocycles. The van der Waals surface area contributed by atoms with Gasteiger partial charge in [0.05, 0.1) is 17.1 Å². The quantitative estimate of drug-likeness (QED) is 0.685. The van der Waals surface area contributed by atoms with Crippen LogP contribution < -0.4 is 4.90 Å². The van der Waals surface area contributed by atoms with Crippen molar-refractivity contribution in [1.29, 1.82) is 0 Å². The number of benzene rings is 1. The van der Waals surface area contributed by atoms with Crippen LogP contribution in [0.1, 0.15) is 39.2 Å². The summed E-state index contributed by atoms with van der Waals surface area (Å²) in [6.45, 7) is 8.47. The molecule has 0 unspecified atom stereocenters. The molecule has 0 aliphatic carbocycles. The van der Waals surface area contributed by atoms with Gasteiger partial charge in [-0.05, 0) is 36.3 Å². The van der Waals surface area contributed by atoms with Crippen molar-refractivity contribution in [3.63, 3.8) is 0 Å². The van der Waals surface area contributed by atoms with Gasteiger partial charge in [0.1, 0.15) is 0 Å². The highest BCUT2D eigenvalue weighted by Gasteiger charge is 2.29. The molecule has 0 bridgehead atoms. The van der Waals surface area contributed by atoms with Crippen molar-refractivity contribution in [3.05, 3.63) is 33.9 Å². The van der Waals surface area contributed by atoms with Gasteiger partial charge in [-0.25, -0.2) is 0 Å². The third-order valence-electron chi connectivity index (χ3n) is 4.51. The number of nitro groups is 1. The Labute approximate surface area is 125 Å². The summed E-state index contributed by atoms with van der Waals surface area (Å²) in [7, 11) is 0. The van der Waals surface area contributed by atoms with Crippen LogP contribution >= 0.6 is 0 Å². The number of piperidine rings is 1. The topological polar surface area (TPSA) is 66.6 Å². The first-order valence-corrected chi connectivity index (χ1v) is 7.46. The number of aliphatic hydroxyl groups is 1. The largest absolute Gasteiger partial charge is 0.391 e. The number of aliphatic hydroxyl groups excluding tert-OH is 1. The van der Waals surface area contributed by atoms with Crippen LogP contribution in [0.5, 0.6) is 0 Å². The summed E-state index contributed by atoms with van der Waals surface area (Å²) in [6, 6.07) is 5.03. The molecule has 1 aromatic rings. The fourth-order valence-corrected chi connectivity index (χ4v) is 3.08. The summed E-state index contributed by atoms with van der Waals surface area (Å²) in [5, 5.41) is 20.2. The molecule has 0 radical (unpaired) electrons. The second kappa shape index (κ2) is 6.02. The Kier molecular flexibility index (Phi) is 4.52. The zero-order valence-corrected chi connectivity index (χ0v) is 13.0. The van der Waals surface area contributed by atoms with Gasteiger partial charge in [0.15, 0.2) is 0 Å². The molecule has 1 saturated heterocycles.